The van der Waals surface area contributed by atoms with E-state index >= 15 is 0 Å². The zero-order valence-electron chi connectivity index (χ0n) is 9.74. The van der Waals surface area contributed by atoms with Crippen LogP contribution in [0.2, 0.25) is 5.02 Å². The van der Waals surface area contributed by atoms with Crippen molar-refractivity contribution in [2.45, 2.75) is 38.5 Å². The highest BCUT2D eigenvalue weighted by Gasteiger charge is 2.25. The normalized spacial score (nSPS) is 26.9. The molecule has 0 spiro atoms. The summed E-state index contributed by atoms with van der Waals surface area (Å²) in [5, 5.41) is 4.40. The van der Waals surface area contributed by atoms with Crippen molar-refractivity contribution in [2.24, 2.45) is 0 Å². The van der Waals surface area contributed by atoms with Crippen molar-refractivity contribution in [2.75, 3.05) is 6.61 Å². The fourth-order valence-electron chi connectivity index (χ4n) is 2.19. The molecule has 2 rings (SSSR count). The second-order valence-corrected chi connectivity index (χ2v) is 4.79. The van der Waals surface area contributed by atoms with Gasteiger partial charge >= 0.3 is 0 Å². The van der Waals surface area contributed by atoms with Crippen LogP contribution in [-0.2, 0) is 4.74 Å². The molecule has 0 radical (unpaired) electrons. The zero-order valence-corrected chi connectivity index (χ0v) is 10.5. The number of benzene rings is 1. The van der Waals surface area contributed by atoms with Crippen molar-refractivity contribution in [3.8, 4) is 0 Å². The maximum absolute atomic E-state index is 6.17. The lowest BCUT2D eigenvalue weighted by molar-refractivity contribution is 0.111. The molecule has 1 heterocycles. The first-order valence-corrected chi connectivity index (χ1v) is 6.18. The van der Waals surface area contributed by atoms with E-state index in [0.717, 1.165) is 23.6 Å². The molecule has 1 aromatic rings. The van der Waals surface area contributed by atoms with Gasteiger partial charge in [-0.2, -0.15) is 0 Å². The van der Waals surface area contributed by atoms with E-state index in [9.17, 15) is 0 Å². The van der Waals surface area contributed by atoms with Crippen molar-refractivity contribution < 1.29 is 4.74 Å². The van der Waals surface area contributed by atoms with E-state index in [0.29, 0.717) is 12.1 Å². The van der Waals surface area contributed by atoms with E-state index in [1.165, 1.54) is 0 Å². The first-order valence-electron chi connectivity index (χ1n) is 5.80. The topological polar surface area (TPSA) is 21.3 Å². The van der Waals surface area contributed by atoms with Crippen LogP contribution >= 0.6 is 11.6 Å². The van der Waals surface area contributed by atoms with Gasteiger partial charge in [0.1, 0.15) is 0 Å². The SMILES string of the molecule is CC1OCCC1N[C@@H](C)c1ccccc1Cl. The molecule has 1 aliphatic rings. The second-order valence-electron chi connectivity index (χ2n) is 4.38. The van der Waals surface area contributed by atoms with Crippen LogP contribution in [0.15, 0.2) is 24.3 Å². The average molecular weight is 240 g/mol. The molecule has 88 valence electrons. The number of hydrogen-bond acceptors (Lipinski definition) is 2. The largest absolute Gasteiger partial charge is 0.377 e. The third-order valence-electron chi connectivity index (χ3n) is 3.21. The fraction of sp³-hybridized carbons (Fsp3) is 0.538. The predicted octanol–water partition coefficient (Wildman–Crippen LogP) is 3.17. The summed E-state index contributed by atoms with van der Waals surface area (Å²) in [5.41, 5.74) is 1.16. The number of hydrogen-bond donors (Lipinski definition) is 1. The first-order chi connectivity index (χ1) is 7.68. The minimum atomic E-state index is 0.267. The highest BCUT2D eigenvalue weighted by atomic mass is 35.5. The average Bonchev–Trinajstić information content (AvgIpc) is 2.65. The van der Waals surface area contributed by atoms with Gasteiger partial charge in [-0.1, -0.05) is 29.8 Å². The summed E-state index contributed by atoms with van der Waals surface area (Å²) < 4.78 is 5.54. The molecule has 0 saturated carbocycles. The summed E-state index contributed by atoms with van der Waals surface area (Å²) in [5.74, 6) is 0. The highest BCUT2D eigenvalue weighted by molar-refractivity contribution is 6.31. The summed E-state index contributed by atoms with van der Waals surface area (Å²) in [7, 11) is 0. The lowest BCUT2D eigenvalue weighted by Gasteiger charge is -2.22. The summed E-state index contributed by atoms with van der Waals surface area (Å²) in [6, 6.07) is 8.69. The van der Waals surface area contributed by atoms with Gasteiger partial charge in [0.25, 0.3) is 0 Å². The molecular formula is C13H18ClNO. The molecule has 0 bridgehead atoms. The molecular weight excluding hydrogens is 222 g/mol. The third-order valence-corrected chi connectivity index (χ3v) is 3.56. The van der Waals surface area contributed by atoms with Crippen molar-refractivity contribution in [3.63, 3.8) is 0 Å². The third kappa shape index (κ3) is 2.57. The fourth-order valence-corrected chi connectivity index (χ4v) is 2.49. The molecule has 1 aliphatic heterocycles. The number of halogens is 1. The van der Waals surface area contributed by atoms with Gasteiger partial charge in [0.15, 0.2) is 0 Å². The molecule has 0 amide bonds. The Kier molecular flexibility index (Phi) is 3.85. The van der Waals surface area contributed by atoms with Crippen molar-refractivity contribution >= 4 is 11.6 Å². The zero-order chi connectivity index (χ0) is 11.5. The molecule has 1 aromatic carbocycles. The molecule has 0 aromatic heterocycles. The summed E-state index contributed by atoms with van der Waals surface area (Å²) in [4.78, 5) is 0. The molecule has 2 unspecified atom stereocenters. The van der Waals surface area contributed by atoms with Crippen LogP contribution in [0.25, 0.3) is 0 Å². The summed E-state index contributed by atoms with van der Waals surface area (Å²) in [6.07, 6.45) is 1.38. The Morgan fingerprint density at radius 1 is 1.44 bits per heavy atom. The number of rotatable bonds is 3. The second kappa shape index (κ2) is 5.17. The Hall–Kier alpha value is -0.570. The molecule has 3 heteroatoms. The van der Waals surface area contributed by atoms with Crippen LogP contribution in [0.4, 0.5) is 0 Å². The molecule has 1 N–H and O–H groups in total. The maximum atomic E-state index is 6.17. The first kappa shape index (κ1) is 11.9. The predicted molar refractivity (Wildman–Crippen MR) is 66.8 cm³/mol. The van der Waals surface area contributed by atoms with Crippen LogP contribution in [0.3, 0.4) is 0 Å². The van der Waals surface area contributed by atoms with Crippen molar-refractivity contribution in [1.82, 2.24) is 5.32 Å². The van der Waals surface area contributed by atoms with Crippen LogP contribution in [0.5, 0.6) is 0 Å². The Balaban J connectivity index is 2.03. The van der Waals surface area contributed by atoms with Crippen molar-refractivity contribution in [3.05, 3.63) is 34.9 Å². The molecule has 0 aliphatic carbocycles. The smallest absolute Gasteiger partial charge is 0.0700 e. The Morgan fingerprint density at radius 3 is 2.81 bits per heavy atom. The van der Waals surface area contributed by atoms with Gasteiger partial charge in [-0.05, 0) is 31.9 Å². The van der Waals surface area contributed by atoms with Gasteiger partial charge in [0.05, 0.1) is 6.10 Å². The molecule has 1 fully saturated rings. The standard InChI is InChI=1S/C13H18ClNO/c1-9(11-5-3-4-6-12(11)14)15-13-7-8-16-10(13)2/h3-6,9-10,13,15H,7-8H2,1-2H3/t9-,10?,13?/m0/s1. The highest BCUT2D eigenvalue weighted by Crippen LogP contribution is 2.24. The minimum Gasteiger partial charge on any atom is -0.377 e. The van der Waals surface area contributed by atoms with Gasteiger partial charge in [-0.25, -0.2) is 0 Å². The van der Waals surface area contributed by atoms with Crippen LogP contribution in [0, 0.1) is 0 Å². The van der Waals surface area contributed by atoms with Gasteiger partial charge in [0.2, 0.25) is 0 Å². The van der Waals surface area contributed by atoms with E-state index < -0.39 is 0 Å². The minimum absolute atomic E-state index is 0.267. The van der Waals surface area contributed by atoms with Gasteiger partial charge in [0, 0.05) is 23.7 Å². The van der Waals surface area contributed by atoms with E-state index in [2.05, 4.69) is 25.2 Å². The van der Waals surface area contributed by atoms with Crippen molar-refractivity contribution in [1.29, 1.82) is 0 Å². The molecule has 1 saturated heterocycles. The van der Waals surface area contributed by atoms with Gasteiger partial charge < -0.3 is 10.1 Å². The van der Waals surface area contributed by atoms with E-state index in [1.807, 2.05) is 18.2 Å². The van der Waals surface area contributed by atoms with E-state index in [1.54, 1.807) is 0 Å². The monoisotopic (exact) mass is 239 g/mol. The molecule has 16 heavy (non-hydrogen) atoms. The Labute approximate surface area is 102 Å². The van der Waals surface area contributed by atoms with Gasteiger partial charge in [-0.15, -0.1) is 0 Å². The van der Waals surface area contributed by atoms with Crippen LogP contribution < -0.4 is 5.32 Å². The quantitative estimate of drug-likeness (QED) is 0.875. The number of ether oxygens (including phenoxy) is 1. The summed E-state index contributed by atoms with van der Waals surface area (Å²) >= 11 is 6.17. The van der Waals surface area contributed by atoms with E-state index in [4.69, 9.17) is 16.3 Å². The molecule has 2 nitrogen and oxygen atoms in total. The van der Waals surface area contributed by atoms with Crippen LogP contribution in [-0.4, -0.2) is 18.8 Å². The van der Waals surface area contributed by atoms with E-state index in [-0.39, 0.29) is 6.04 Å². The Bertz CT molecular complexity index is 356. The Morgan fingerprint density at radius 2 is 2.19 bits per heavy atom. The number of nitrogens with one attached hydrogen (secondary N) is 1. The molecule has 3 atom stereocenters. The summed E-state index contributed by atoms with van der Waals surface area (Å²) in [6.45, 7) is 5.12. The van der Waals surface area contributed by atoms with Gasteiger partial charge in [-0.3, -0.25) is 0 Å². The lowest BCUT2D eigenvalue weighted by Crippen LogP contribution is -2.36. The van der Waals surface area contributed by atoms with Crippen LogP contribution in [0.1, 0.15) is 31.9 Å². The maximum Gasteiger partial charge on any atom is 0.0700 e. The lowest BCUT2D eigenvalue weighted by atomic mass is 10.1.